The highest BCUT2D eigenvalue weighted by Gasteiger charge is 2.30. The monoisotopic (exact) mass is 340 g/mol. The zero-order valence-electron chi connectivity index (χ0n) is 13.7. The molecule has 0 amide bonds. The summed E-state index contributed by atoms with van der Waals surface area (Å²) in [6.07, 6.45) is -0.867. The highest BCUT2D eigenvalue weighted by Crippen LogP contribution is 2.29. The van der Waals surface area contributed by atoms with E-state index in [0.29, 0.717) is 18.6 Å². The summed E-state index contributed by atoms with van der Waals surface area (Å²) in [6.45, 7) is 2.47. The van der Waals surface area contributed by atoms with Gasteiger partial charge in [-0.2, -0.15) is 13.2 Å². The van der Waals surface area contributed by atoms with Crippen molar-refractivity contribution in [1.29, 1.82) is 0 Å². The molecule has 1 unspecified atom stereocenters. The summed E-state index contributed by atoms with van der Waals surface area (Å²) in [7, 11) is 1.77. The molecule has 0 radical (unpaired) electrons. The first-order valence-electron chi connectivity index (χ1n) is 8.32. The Balaban J connectivity index is 1.48. The minimum absolute atomic E-state index is 0.324. The van der Waals surface area contributed by atoms with Crippen LogP contribution in [0.2, 0.25) is 0 Å². The molecular formula is C17H23F3N4. The van der Waals surface area contributed by atoms with Gasteiger partial charge in [-0.3, -0.25) is 9.89 Å². The molecule has 1 aromatic rings. The van der Waals surface area contributed by atoms with Gasteiger partial charge >= 0.3 is 6.18 Å². The summed E-state index contributed by atoms with van der Waals surface area (Å²) in [5.41, 5.74) is 0.311. The molecular weight excluding hydrogens is 317 g/mol. The molecule has 1 saturated heterocycles. The number of nitrogens with one attached hydrogen (secondary N) is 2. The van der Waals surface area contributed by atoms with Gasteiger partial charge in [0.2, 0.25) is 0 Å². The maximum Gasteiger partial charge on any atom is 0.416 e. The summed E-state index contributed by atoms with van der Waals surface area (Å²) in [5, 5.41) is 6.80. The van der Waals surface area contributed by atoms with Crippen molar-refractivity contribution in [3.8, 4) is 0 Å². The second-order valence-electron chi connectivity index (χ2n) is 6.55. The Morgan fingerprint density at radius 3 is 2.38 bits per heavy atom. The van der Waals surface area contributed by atoms with E-state index in [2.05, 4.69) is 20.5 Å². The first-order chi connectivity index (χ1) is 11.4. The Labute approximate surface area is 140 Å². The minimum Gasteiger partial charge on any atom is -0.354 e. The van der Waals surface area contributed by atoms with Crippen molar-refractivity contribution in [1.82, 2.24) is 15.5 Å². The van der Waals surface area contributed by atoms with Gasteiger partial charge in [0.15, 0.2) is 5.96 Å². The lowest BCUT2D eigenvalue weighted by Gasteiger charge is -2.19. The van der Waals surface area contributed by atoms with Crippen molar-refractivity contribution in [2.24, 2.45) is 4.99 Å². The molecule has 2 aliphatic rings. The molecule has 2 N–H and O–H groups in total. The third-order valence-corrected chi connectivity index (χ3v) is 4.44. The summed E-state index contributed by atoms with van der Waals surface area (Å²) in [6, 6.07) is 6.32. The predicted molar refractivity (Wildman–Crippen MR) is 87.8 cm³/mol. The van der Waals surface area contributed by atoms with Gasteiger partial charge in [0.25, 0.3) is 0 Å². The summed E-state index contributed by atoms with van der Waals surface area (Å²) in [5.74, 6) is 0.846. The predicted octanol–water partition coefficient (Wildman–Crippen LogP) is 2.61. The first kappa shape index (κ1) is 17.1. The van der Waals surface area contributed by atoms with Crippen molar-refractivity contribution in [3.05, 3.63) is 35.4 Å². The lowest BCUT2D eigenvalue weighted by atomic mass is 10.1. The van der Waals surface area contributed by atoms with Gasteiger partial charge in [0.1, 0.15) is 0 Å². The Bertz CT molecular complexity index is 578. The zero-order valence-corrected chi connectivity index (χ0v) is 13.7. The van der Waals surface area contributed by atoms with E-state index in [1.54, 1.807) is 19.2 Å². The topological polar surface area (TPSA) is 39.7 Å². The van der Waals surface area contributed by atoms with Gasteiger partial charge in [-0.05, 0) is 37.0 Å². The normalized spacial score (nSPS) is 22.7. The third-order valence-electron chi connectivity index (χ3n) is 4.44. The molecule has 132 valence electrons. The van der Waals surface area contributed by atoms with Crippen LogP contribution in [0.5, 0.6) is 0 Å². The Morgan fingerprint density at radius 2 is 1.79 bits per heavy atom. The maximum atomic E-state index is 12.6. The summed E-state index contributed by atoms with van der Waals surface area (Å²) in [4.78, 5) is 6.50. The Kier molecular flexibility index (Phi) is 4.99. The Hall–Kier alpha value is -1.76. The van der Waals surface area contributed by atoms with Crippen LogP contribution in [-0.4, -0.2) is 43.1 Å². The van der Waals surface area contributed by atoms with Crippen LogP contribution in [0.25, 0.3) is 0 Å². The van der Waals surface area contributed by atoms with Crippen LogP contribution in [-0.2, 0) is 12.7 Å². The van der Waals surface area contributed by atoms with Crippen molar-refractivity contribution in [3.63, 3.8) is 0 Å². The van der Waals surface area contributed by atoms with E-state index in [4.69, 9.17) is 0 Å². The molecule has 1 aliphatic carbocycles. The van der Waals surface area contributed by atoms with E-state index < -0.39 is 11.7 Å². The largest absolute Gasteiger partial charge is 0.416 e. The highest BCUT2D eigenvalue weighted by molar-refractivity contribution is 5.80. The SMILES string of the molecule is CN=C(NC1CC1)NC1CCN(Cc2ccc(C(F)(F)F)cc2)C1. The quantitative estimate of drug-likeness (QED) is 0.654. The van der Waals surface area contributed by atoms with Gasteiger partial charge in [-0.15, -0.1) is 0 Å². The second kappa shape index (κ2) is 7.01. The fraction of sp³-hybridized carbons (Fsp3) is 0.588. The van der Waals surface area contributed by atoms with Crippen LogP contribution in [0.15, 0.2) is 29.3 Å². The van der Waals surface area contributed by atoms with E-state index in [-0.39, 0.29) is 0 Å². The first-order valence-corrected chi connectivity index (χ1v) is 8.32. The average Bonchev–Trinajstić information content (AvgIpc) is 3.25. The van der Waals surface area contributed by atoms with Gasteiger partial charge in [-0.25, -0.2) is 0 Å². The standard InChI is InChI=1S/C17H23F3N4/c1-21-16(22-14-6-7-14)23-15-8-9-24(11-15)10-12-2-4-13(5-3-12)17(18,19)20/h2-5,14-15H,6-11H2,1H3,(H2,21,22,23). The number of likely N-dealkylation sites (tertiary alicyclic amines) is 1. The molecule has 0 spiro atoms. The number of alkyl halides is 3. The number of nitrogens with zero attached hydrogens (tertiary/aromatic N) is 2. The van der Waals surface area contributed by atoms with E-state index in [1.807, 2.05) is 0 Å². The van der Waals surface area contributed by atoms with E-state index >= 15 is 0 Å². The number of rotatable bonds is 4. The fourth-order valence-electron chi connectivity index (χ4n) is 2.94. The molecule has 1 saturated carbocycles. The molecule has 0 bridgehead atoms. The molecule has 2 fully saturated rings. The van der Waals surface area contributed by atoms with Crippen molar-refractivity contribution < 1.29 is 13.2 Å². The fourth-order valence-corrected chi connectivity index (χ4v) is 2.94. The van der Waals surface area contributed by atoms with E-state index in [0.717, 1.165) is 43.2 Å². The molecule has 1 aliphatic heterocycles. The number of guanidine groups is 1. The molecule has 1 atom stereocenters. The third kappa shape index (κ3) is 4.63. The Morgan fingerprint density at radius 1 is 1.12 bits per heavy atom. The molecule has 4 nitrogen and oxygen atoms in total. The van der Waals surface area contributed by atoms with Gasteiger partial charge < -0.3 is 10.6 Å². The number of halogens is 3. The van der Waals surface area contributed by atoms with Gasteiger partial charge in [-0.1, -0.05) is 12.1 Å². The van der Waals surface area contributed by atoms with Crippen LogP contribution in [0.4, 0.5) is 13.2 Å². The van der Waals surface area contributed by atoms with Crippen LogP contribution in [0.3, 0.4) is 0 Å². The lowest BCUT2D eigenvalue weighted by molar-refractivity contribution is -0.137. The second-order valence-corrected chi connectivity index (χ2v) is 6.55. The molecule has 7 heteroatoms. The summed E-state index contributed by atoms with van der Waals surface area (Å²) < 4.78 is 37.8. The number of benzene rings is 1. The smallest absolute Gasteiger partial charge is 0.354 e. The van der Waals surface area contributed by atoms with Crippen LogP contribution in [0.1, 0.15) is 30.4 Å². The van der Waals surface area contributed by atoms with Crippen LogP contribution >= 0.6 is 0 Å². The molecule has 3 rings (SSSR count). The number of hydrogen-bond acceptors (Lipinski definition) is 2. The van der Waals surface area contributed by atoms with Gasteiger partial charge in [0, 0.05) is 38.8 Å². The zero-order chi connectivity index (χ0) is 17.2. The number of hydrogen-bond donors (Lipinski definition) is 2. The lowest BCUT2D eigenvalue weighted by Crippen LogP contribution is -2.45. The van der Waals surface area contributed by atoms with E-state index in [1.165, 1.54) is 12.8 Å². The molecule has 1 aromatic carbocycles. The highest BCUT2D eigenvalue weighted by atomic mass is 19.4. The maximum absolute atomic E-state index is 12.6. The van der Waals surface area contributed by atoms with Gasteiger partial charge in [0.05, 0.1) is 5.56 Å². The van der Waals surface area contributed by atoms with Crippen LogP contribution in [0, 0.1) is 0 Å². The van der Waals surface area contributed by atoms with Crippen molar-refractivity contribution in [2.45, 2.75) is 44.1 Å². The molecule has 1 heterocycles. The number of aliphatic imine (C=N–C) groups is 1. The van der Waals surface area contributed by atoms with Crippen molar-refractivity contribution in [2.75, 3.05) is 20.1 Å². The summed E-state index contributed by atoms with van der Waals surface area (Å²) >= 11 is 0. The molecule has 24 heavy (non-hydrogen) atoms. The average molecular weight is 340 g/mol. The van der Waals surface area contributed by atoms with E-state index in [9.17, 15) is 13.2 Å². The molecule has 0 aromatic heterocycles. The minimum atomic E-state index is -4.27. The van der Waals surface area contributed by atoms with Crippen molar-refractivity contribution >= 4 is 5.96 Å². The van der Waals surface area contributed by atoms with Crippen LogP contribution < -0.4 is 10.6 Å².